The van der Waals surface area contributed by atoms with Gasteiger partial charge in [0.25, 0.3) is 0 Å². The topological polar surface area (TPSA) is 35.2 Å². The normalized spacial score (nSPS) is 10.3. The van der Waals surface area contributed by atoms with E-state index >= 15 is 0 Å². The lowest BCUT2D eigenvalue weighted by Gasteiger charge is -2.13. The van der Waals surface area contributed by atoms with E-state index in [-0.39, 0.29) is 0 Å². The summed E-state index contributed by atoms with van der Waals surface area (Å²) in [5, 5.41) is 0. The standard InChI is InChI=1S/C17H19NOS/c1-3-5-13-8-10-14(11-9-13)19-16-12(2)6-4-7-15(16)17(18)20/h4,6-11H,3,5H2,1-2H3,(H2,18,20). The molecule has 0 radical (unpaired) electrons. The molecule has 20 heavy (non-hydrogen) atoms. The maximum Gasteiger partial charge on any atom is 0.140 e. The van der Waals surface area contributed by atoms with E-state index in [2.05, 4.69) is 19.1 Å². The van der Waals surface area contributed by atoms with Crippen molar-refractivity contribution in [3.05, 3.63) is 59.2 Å². The van der Waals surface area contributed by atoms with Gasteiger partial charge in [-0.25, -0.2) is 0 Å². The molecule has 0 aliphatic rings. The second-order valence-electron chi connectivity index (χ2n) is 4.81. The molecular weight excluding hydrogens is 266 g/mol. The predicted molar refractivity (Wildman–Crippen MR) is 87.6 cm³/mol. The van der Waals surface area contributed by atoms with Crippen LogP contribution in [0.5, 0.6) is 11.5 Å². The first kappa shape index (κ1) is 14.5. The van der Waals surface area contributed by atoms with Crippen molar-refractivity contribution in [1.29, 1.82) is 0 Å². The number of ether oxygens (including phenoxy) is 1. The van der Waals surface area contributed by atoms with Crippen LogP contribution in [0, 0.1) is 6.92 Å². The maximum absolute atomic E-state index is 5.97. The number of hydrogen-bond acceptors (Lipinski definition) is 2. The van der Waals surface area contributed by atoms with Crippen LogP contribution < -0.4 is 10.5 Å². The van der Waals surface area contributed by atoms with Gasteiger partial charge in [-0.1, -0.05) is 49.8 Å². The first-order valence-electron chi connectivity index (χ1n) is 6.78. The zero-order valence-corrected chi connectivity index (χ0v) is 12.7. The number of rotatable bonds is 5. The molecule has 0 heterocycles. The Morgan fingerprint density at radius 3 is 2.45 bits per heavy atom. The molecule has 0 bridgehead atoms. The highest BCUT2D eigenvalue weighted by molar-refractivity contribution is 7.80. The average Bonchev–Trinajstić information content (AvgIpc) is 2.43. The highest BCUT2D eigenvalue weighted by Crippen LogP contribution is 2.29. The van der Waals surface area contributed by atoms with Crippen molar-refractivity contribution in [2.75, 3.05) is 0 Å². The third-order valence-corrected chi connectivity index (χ3v) is 3.38. The Kier molecular flexibility index (Phi) is 4.74. The van der Waals surface area contributed by atoms with Gasteiger partial charge in [-0.3, -0.25) is 0 Å². The molecule has 0 spiro atoms. The van der Waals surface area contributed by atoms with Gasteiger partial charge < -0.3 is 10.5 Å². The minimum atomic E-state index is 0.353. The van der Waals surface area contributed by atoms with Crippen LogP contribution in [0.3, 0.4) is 0 Å². The molecule has 3 heteroatoms. The van der Waals surface area contributed by atoms with Crippen molar-refractivity contribution in [3.63, 3.8) is 0 Å². The smallest absolute Gasteiger partial charge is 0.140 e. The Bertz CT molecular complexity index is 605. The molecule has 2 rings (SSSR count). The predicted octanol–water partition coefficient (Wildman–Crippen LogP) is 4.37. The van der Waals surface area contributed by atoms with Gasteiger partial charge >= 0.3 is 0 Å². The summed E-state index contributed by atoms with van der Waals surface area (Å²) in [6.45, 7) is 4.16. The van der Waals surface area contributed by atoms with Crippen LogP contribution in [0.15, 0.2) is 42.5 Å². The van der Waals surface area contributed by atoms with E-state index in [1.54, 1.807) is 0 Å². The van der Waals surface area contributed by atoms with Gasteiger partial charge in [0.05, 0.1) is 5.56 Å². The van der Waals surface area contributed by atoms with Crippen molar-refractivity contribution in [1.82, 2.24) is 0 Å². The second kappa shape index (κ2) is 6.53. The summed E-state index contributed by atoms with van der Waals surface area (Å²) in [5.41, 5.74) is 8.87. The number of benzene rings is 2. The number of hydrogen-bond donors (Lipinski definition) is 1. The molecule has 0 saturated heterocycles. The minimum Gasteiger partial charge on any atom is -0.456 e. The average molecular weight is 285 g/mol. The molecule has 0 saturated carbocycles. The molecule has 104 valence electrons. The molecule has 0 aliphatic heterocycles. The van der Waals surface area contributed by atoms with E-state index in [4.69, 9.17) is 22.7 Å². The highest BCUT2D eigenvalue weighted by Gasteiger charge is 2.10. The van der Waals surface area contributed by atoms with Crippen molar-refractivity contribution in [2.45, 2.75) is 26.7 Å². The number of para-hydroxylation sites is 1. The number of nitrogens with two attached hydrogens (primary N) is 1. The van der Waals surface area contributed by atoms with Crippen LogP contribution in [-0.2, 0) is 6.42 Å². The Morgan fingerprint density at radius 1 is 1.15 bits per heavy atom. The summed E-state index contributed by atoms with van der Waals surface area (Å²) in [7, 11) is 0. The van der Waals surface area contributed by atoms with Crippen LogP contribution in [0.1, 0.15) is 30.0 Å². The molecular formula is C17H19NOS. The highest BCUT2D eigenvalue weighted by atomic mass is 32.1. The lowest BCUT2D eigenvalue weighted by Crippen LogP contribution is -2.11. The molecule has 0 atom stereocenters. The molecule has 0 unspecified atom stereocenters. The van der Waals surface area contributed by atoms with Gasteiger partial charge in [-0.05, 0) is 42.7 Å². The van der Waals surface area contributed by atoms with Crippen molar-refractivity contribution < 1.29 is 4.74 Å². The van der Waals surface area contributed by atoms with Crippen molar-refractivity contribution >= 4 is 17.2 Å². The van der Waals surface area contributed by atoms with Crippen molar-refractivity contribution in [3.8, 4) is 11.5 Å². The lowest BCUT2D eigenvalue weighted by molar-refractivity contribution is 0.477. The SMILES string of the molecule is CCCc1ccc(Oc2c(C)cccc2C(N)=S)cc1. The maximum atomic E-state index is 5.97. The lowest BCUT2D eigenvalue weighted by atomic mass is 10.1. The van der Waals surface area contributed by atoms with E-state index in [0.29, 0.717) is 4.99 Å². The molecule has 2 aromatic rings. The Labute approximate surface area is 125 Å². The van der Waals surface area contributed by atoms with E-state index in [0.717, 1.165) is 35.5 Å². The van der Waals surface area contributed by atoms with E-state index < -0.39 is 0 Å². The largest absolute Gasteiger partial charge is 0.456 e. The van der Waals surface area contributed by atoms with Gasteiger partial charge in [0.1, 0.15) is 16.5 Å². The van der Waals surface area contributed by atoms with Crippen LogP contribution in [0.2, 0.25) is 0 Å². The first-order valence-corrected chi connectivity index (χ1v) is 7.19. The van der Waals surface area contributed by atoms with Crippen LogP contribution in [-0.4, -0.2) is 4.99 Å². The van der Waals surface area contributed by atoms with Gasteiger partial charge in [-0.15, -0.1) is 0 Å². The molecule has 0 aromatic heterocycles. The van der Waals surface area contributed by atoms with E-state index in [1.807, 2.05) is 37.3 Å². The van der Waals surface area contributed by atoms with E-state index in [1.165, 1.54) is 5.56 Å². The van der Waals surface area contributed by atoms with Crippen molar-refractivity contribution in [2.24, 2.45) is 5.73 Å². The molecule has 2 aromatic carbocycles. The number of thiocarbonyl (C=S) groups is 1. The van der Waals surface area contributed by atoms with E-state index in [9.17, 15) is 0 Å². The van der Waals surface area contributed by atoms with Crippen LogP contribution in [0.4, 0.5) is 0 Å². The van der Waals surface area contributed by atoms with Gasteiger partial charge in [0.2, 0.25) is 0 Å². The zero-order valence-electron chi connectivity index (χ0n) is 11.8. The monoisotopic (exact) mass is 285 g/mol. The summed E-state index contributed by atoms with van der Waals surface area (Å²) in [5.74, 6) is 1.54. The molecule has 0 fully saturated rings. The van der Waals surface area contributed by atoms with Crippen LogP contribution in [0.25, 0.3) is 0 Å². The second-order valence-corrected chi connectivity index (χ2v) is 5.25. The fourth-order valence-electron chi connectivity index (χ4n) is 2.11. The Balaban J connectivity index is 2.27. The Morgan fingerprint density at radius 2 is 1.85 bits per heavy atom. The van der Waals surface area contributed by atoms with Gasteiger partial charge in [0, 0.05) is 0 Å². The van der Waals surface area contributed by atoms with Gasteiger partial charge in [0.15, 0.2) is 0 Å². The zero-order chi connectivity index (χ0) is 14.5. The number of aryl methyl sites for hydroxylation is 2. The summed E-state index contributed by atoms with van der Waals surface area (Å²) in [6.07, 6.45) is 2.23. The summed E-state index contributed by atoms with van der Waals surface area (Å²) in [4.78, 5) is 0.353. The molecule has 2 nitrogen and oxygen atoms in total. The first-order chi connectivity index (χ1) is 9.61. The third kappa shape index (κ3) is 3.36. The minimum absolute atomic E-state index is 0.353. The fourth-order valence-corrected chi connectivity index (χ4v) is 2.27. The third-order valence-electron chi connectivity index (χ3n) is 3.16. The summed E-state index contributed by atoms with van der Waals surface area (Å²) in [6, 6.07) is 14.0. The fraction of sp³-hybridized carbons (Fsp3) is 0.235. The molecule has 0 aliphatic carbocycles. The molecule has 0 amide bonds. The Hall–Kier alpha value is -1.87. The van der Waals surface area contributed by atoms with Gasteiger partial charge in [-0.2, -0.15) is 0 Å². The summed E-state index contributed by atoms with van der Waals surface area (Å²) >= 11 is 5.08. The summed E-state index contributed by atoms with van der Waals surface area (Å²) < 4.78 is 5.97. The quantitative estimate of drug-likeness (QED) is 0.828. The van der Waals surface area contributed by atoms with Crippen LogP contribution >= 0.6 is 12.2 Å². The molecule has 2 N–H and O–H groups in total.